The first-order valence-electron chi connectivity index (χ1n) is 8.31. The molecule has 0 aliphatic carbocycles. The third-order valence-corrected chi connectivity index (χ3v) is 4.28. The molecular weight excluding hydrogens is 308 g/mol. The van der Waals surface area contributed by atoms with E-state index in [0.29, 0.717) is 17.4 Å². The minimum Gasteiger partial charge on any atom is -0.376 e. The van der Waals surface area contributed by atoms with Crippen molar-refractivity contribution in [3.05, 3.63) is 34.6 Å². The summed E-state index contributed by atoms with van der Waals surface area (Å²) < 4.78 is 6.71. The molecular formula is C17H22N4O3. The summed E-state index contributed by atoms with van der Waals surface area (Å²) in [6, 6.07) is 6.31. The summed E-state index contributed by atoms with van der Waals surface area (Å²) in [6.07, 6.45) is 2.02. The second-order valence-electron chi connectivity index (χ2n) is 6.43. The fraction of sp³-hybridized carbons (Fsp3) is 0.529. The van der Waals surface area contributed by atoms with E-state index in [4.69, 9.17) is 4.74 Å². The van der Waals surface area contributed by atoms with Crippen LogP contribution in [0.2, 0.25) is 0 Å². The average Bonchev–Trinajstić information content (AvgIpc) is 3.09. The SMILES string of the molecule is CC(C)[C@H](C(=O)NC[C@H]1CCCO1)n1nnc2ccccc2c1=O. The van der Waals surface area contributed by atoms with Gasteiger partial charge in [0, 0.05) is 13.2 Å². The molecule has 7 nitrogen and oxygen atoms in total. The highest BCUT2D eigenvalue weighted by Gasteiger charge is 2.28. The van der Waals surface area contributed by atoms with Crippen molar-refractivity contribution >= 4 is 16.8 Å². The van der Waals surface area contributed by atoms with Gasteiger partial charge >= 0.3 is 0 Å². The lowest BCUT2D eigenvalue weighted by Gasteiger charge is -2.22. The molecule has 2 atom stereocenters. The van der Waals surface area contributed by atoms with Gasteiger partial charge in [-0.25, -0.2) is 0 Å². The van der Waals surface area contributed by atoms with Crippen molar-refractivity contribution in [2.24, 2.45) is 5.92 Å². The highest BCUT2D eigenvalue weighted by Crippen LogP contribution is 2.17. The molecule has 0 spiro atoms. The van der Waals surface area contributed by atoms with E-state index in [1.54, 1.807) is 24.3 Å². The lowest BCUT2D eigenvalue weighted by atomic mass is 10.0. The number of nitrogens with zero attached hydrogens (tertiary/aromatic N) is 3. The smallest absolute Gasteiger partial charge is 0.278 e. The first kappa shape index (κ1) is 16.6. The van der Waals surface area contributed by atoms with Gasteiger partial charge in [0.05, 0.1) is 11.5 Å². The lowest BCUT2D eigenvalue weighted by Crippen LogP contribution is -2.43. The topological polar surface area (TPSA) is 86.1 Å². The Morgan fingerprint density at radius 2 is 2.21 bits per heavy atom. The first-order chi connectivity index (χ1) is 11.6. The normalized spacial score (nSPS) is 18.9. The summed E-state index contributed by atoms with van der Waals surface area (Å²) in [5.41, 5.74) is 0.229. The van der Waals surface area contributed by atoms with Gasteiger partial charge in [0.1, 0.15) is 11.6 Å². The van der Waals surface area contributed by atoms with Crippen molar-refractivity contribution in [1.29, 1.82) is 0 Å². The second-order valence-corrected chi connectivity index (χ2v) is 6.43. The van der Waals surface area contributed by atoms with Gasteiger partial charge in [-0.3, -0.25) is 9.59 Å². The van der Waals surface area contributed by atoms with E-state index in [1.807, 2.05) is 13.8 Å². The summed E-state index contributed by atoms with van der Waals surface area (Å²) >= 11 is 0. The van der Waals surface area contributed by atoms with E-state index in [1.165, 1.54) is 4.68 Å². The Morgan fingerprint density at radius 1 is 1.42 bits per heavy atom. The van der Waals surface area contributed by atoms with Crippen LogP contribution in [0.25, 0.3) is 10.9 Å². The fourth-order valence-corrected chi connectivity index (χ4v) is 3.00. The van der Waals surface area contributed by atoms with E-state index in [0.717, 1.165) is 19.4 Å². The molecule has 3 rings (SSSR count). The molecule has 1 N–H and O–H groups in total. The van der Waals surface area contributed by atoms with Gasteiger partial charge < -0.3 is 10.1 Å². The predicted octanol–water partition coefficient (Wildman–Crippen LogP) is 1.28. The quantitative estimate of drug-likeness (QED) is 0.892. The van der Waals surface area contributed by atoms with Crippen LogP contribution < -0.4 is 10.9 Å². The van der Waals surface area contributed by atoms with Crippen LogP contribution in [0, 0.1) is 5.92 Å². The number of benzene rings is 1. The number of hydrogen-bond donors (Lipinski definition) is 1. The molecule has 1 aliphatic rings. The van der Waals surface area contributed by atoms with Crippen LogP contribution in [-0.2, 0) is 9.53 Å². The van der Waals surface area contributed by atoms with Gasteiger partial charge in [-0.05, 0) is 30.9 Å². The molecule has 1 aliphatic heterocycles. The number of carbonyl (C=O) groups is 1. The molecule has 1 aromatic heterocycles. The molecule has 0 bridgehead atoms. The Morgan fingerprint density at radius 3 is 2.92 bits per heavy atom. The first-order valence-corrected chi connectivity index (χ1v) is 8.31. The molecule has 0 radical (unpaired) electrons. The van der Waals surface area contributed by atoms with Crippen LogP contribution in [0.15, 0.2) is 29.1 Å². The van der Waals surface area contributed by atoms with Crippen molar-refractivity contribution < 1.29 is 9.53 Å². The highest BCUT2D eigenvalue weighted by molar-refractivity contribution is 5.81. The summed E-state index contributed by atoms with van der Waals surface area (Å²) in [5, 5.41) is 11.4. The van der Waals surface area contributed by atoms with Crippen LogP contribution in [0.4, 0.5) is 0 Å². The van der Waals surface area contributed by atoms with E-state index >= 15 is 0 Å². The number of hydrogen-bond acceptors (Lipinski definition) is 5. The van der Waals surface area contributed by atoms with Crippen molar-refractivity contribution in [3.63, 3.8) is 0 Å². The molecule has 1 fully saturated rings. The number of carbonyl (C=O) groups excluding carboxylic acids is 1. The Hall–Kier alpha value is -2.28. The zero-order chi connectivity index (χ0) is 17.1. The molecule has 24 heavy (non-hydrogen) atoms. The van der Waals surface area contributed by atoms with E-state index < -0.39 is 6.04 Å². The molecule has 1 amide bonds. The minimum absolute atomic E-state index is 0.0566. The largest absolute Gasteiger partial charge is 0.376 e. The van der Waals surface area contributed by atoms with Gasteiger partial charge in [-0.1, -0.05) is 31.2 Å². The third kappa shape index (κ3) is 3.31. The van der Waals surface area contributed by atoms with Crippen molar-refractivity contribution in [2.75, 3.05) is 13.2 Å². The molecule has 7 heteroatoms. The number of amides is 1. The van der Waals surface area contributed by atoms with Crippen LogP contribution in [0.5, 0.6) is 0 Å². The number of nitrogens with one attached hydrogen (secondary N) is 1. The van der Waals surface area contributed by atoms with Gasteiger partial charge in [-0.2, -0.15) is 4.68 Å². The van der Waals surface area contributed by atoms with Gasteiger partial charge in [-0.15, -0.1) is 5.10 Å². The highest BCUT2D eigenvalue weighted by atomic mass is 16.5. The van der Waals surface area contributed by atoms with Crippen LogP contribution >= 0.6 is 0 Å². The van der Waals surface area contributed by atoms with Gasteiger partial charge in [0.2, 0.25) is 5.91 Å². The number of aromatic nitrogens is 3. The zero-order valence-electron chi connectivity index (χ0n) is 13.9. The maximum absolute atomic E-state index is 12.7. The molecule has 0 saturated carbocycles. The molecule has 1 saturated heterocycles. The number of rotatable bonds is 5. The molecule has 1 aromatic carbocycles. The second kappa shape index (κ2) is 7.09. The molecule has 128 valence electrons. The Labute approximate surface area is 140 Å². The Kier molecular flexibility index (Phi) is 4.89. The molecule has 2 heterocycles. The average molecular weight is 330 g/mol. The number of ether oxygens (including phenoxy) is 1. The Balaban J connectivity index is 1.86. The van der Waals surface area contributed by atoms with E-state index in [9.17, 15) is 9.59 Å². The van der Waals surface area contributed by atoms with Crippen molar-refractivity contribution in [1.82, 2.24) is 20.3 Å². The van der Waals surface area contributed by atoms with Gasteiger partial charge in [0.15, 0.2) is 0 Å². The monoisotopic (exact) mass is 330 g/mol. The minimum atomic E-state index is -0.698. The van der Waals surface area contributed by atoms with Gasteiger partial charge in [0.25, 0.3) is 5.56 Å². The standard InChI is InChI=1S/C17H22N4O3/c1-11(2)15(16(22)18-10-12-6-5-9-24-12)21-17(23)13-7-3-4-8-14(13)19-20-21/h3-4,7-8,11-12,15H,5-6,9-10H2,1-2H3,(H,18,22)/t12-,15-/m1/s1. The predicted molar refractivity (Wildman–Crippen MR) is 89.7 cm³/mol. The van der Waals surface area contributed by atoms with E-state index in [-0.39, 0.29) is 23.5 Å². The Bertz CT molecular complexity index is 781. The maximum atomic E-state index is 12.7. The summed E-state index contributed by atoms with van der Waals surface area (Å²) in [5.74, 6) is -0.324. The third-order valence-electron chi connectivity index (χ3n) is 4.28. The summed E-state index contributed by atoms with van der Waals surface area (Å²) in [6.45, 7) is 4.97. The lowest BCUT2D eigenvalue weighted by molar-refractivity contribution is -0.126. The summed E-state index contributed by atoms with van der Waals surface area (Å²) in [7, 11) is 0. The van der Waals surface area contributed by atoms with Crippen LogP contribution in [0.3, 0.4) is 0 Å². The zero-order valence-corrected chi connectivity index (χ0v) is 13.9. The van der Waals surface area contributed by atoms with Crippen molar-refractivity contribution in [3.8, 4) is 0 Å². The maximum Gasteiger partial charge on any atom is 0.278 e. The molecule has 0 unspecified atom stereocenters. The van der Waals surface area contributed by atoms with Crippen LogP contribution in [0.1, 0.15) is 32.7 Å². The number of fused-ring (bicyclic) bond motifs is 1. The fourth-order valence-electron chi connectivity index (χ4n) is 3.00. The van der Waals surface area contributed by atoms with Crippen LogP contribution in [-0.4, -0.2) is 40.2 Å². The van der Waals surface area contributed by atoms with Crippen molar-refractivity contribution in [2.45, 2.75) is 38.8 Å². The molecule has 2 aromatic rings. The van der Waals surface area contributed by atoms with E-state index in [2.05, 4.69) is 15.6 Å². The summed E-state index contributed by atoms with van der Waals surface area (Å²) in [4.78, 5) is 25.3.